The molecule has 0 aliphatic carbocycles. The lowest BCUT2D eigenvalue weighted by molar-refractivity contribution is -0.118. The molecule has 6 heteroatoms. The van der Waals surface area contributed by atoms with Gasteiger partial charge in [0, 0.05) is 18.3 Å². The van der Waals surface area contributed by atoms with E-state index in [4.69, 9.17) is 0 Å². The maximum atomic E-state index is 13.2. The van der Waals surface area contributed by atoms with Crippen molar-refractivity contribution in [3.05, 3.63) is 53.6 Å². The second-order valence-electron chi connectivity index (χ2n) is 7.05. The molecule has 0 saturated carbocycles. The molecule has 0 spiro atoms. The Kier molecular flexibility index (Phi) is 4.70. The monoisotopic (exact) mass is 366 g/mol. The Morgan fingerprint density at radius 2 is 2.00 bits per heavy atom. The summed E-state index contributed by atoms with van der Waals surface area (Å²) in [5, 5.41) is 0. The lowest BCUT2D eigenvalue weighted by Crippen LogP contribution is -2.43. The number of hydrogen-bond donors (Lipinski definition) is 0. The van der Waals surface area contributed by atoms with E-state index in [-0.39, 0.29) is 5.91 Å². The first-order chi connectivity index (χ1) is 12.6. The zero-order valence-electron chi connectivity index (χ0n) is 15.1. The third kappa shape index (κ3) is 3.34. The molecule has 0 fully saturated rings. The van der Waals surface area contributed by atoms with Crippen molar-refractivity contribution in [1.82, 2.24) is 13.6 Å². The van der Waals surface area contributed by atoms with E-state index in [1.165, 1.54) is 17.3 Å². The molecule has 0 radical (unpaired) electrons. The van der Waals surface area contributed by atoms with Gasteiger partial charge in [0.1, 0.15) is 11.0 Å². The Bertz CT molecular complexity index is 936. The predicted molar refractivity (Wildman–Crippen MR) is 106 cm³/mol. The van der Waals surface area contributed by atoms with E-state index in [1.54, 1.807) is 0 Å². The fraction of sp³-hybridized carbons (Fsp3) is 0.350. The lowest BCUT2D eigenvalue weighted by Gasteiger charge is -2.29. The third-order valence-corrected chi connectivity index (χ3v) is 5.68. The second kappa shape index (κ2) is 7.13. The van der Waals surface area contributed by atoms with Gasteiger partial charge in [-0.25, -0.2) is 0 Å². The quantitative estimate of drug-likeness (QED) is 0.715. The number of likely N-dealkylation sites (N-methyl/N-ethyl adjacent to an activating group) is 1. The molecule has 1 atom stereocenters. The number of anilines is 1. The summed E-state index contributed by atoms with van der Waals surface area (Å²) >= 11 is 1.20. The minimum Gasteiger partial charge on any atom is -0.310 e. The van der Waals surface area contributed by atoms with Crippen LogP contribution in [0.3, 0.4) is 0 Å². The minimum atomic E-state index is 0.133. The number of amides is 1. The normalized spacial score (nSPS) is 17.3. The molecule has 2 aromatic carbocycles. The van der Waals surface area contributed by atoms with E-state index < -0.39 is 0 Å². The number of carbonyl (C=O) groups excluding carboxylic acids is 1. The van der Waals surface area contributed by atoms with Crippen LogP contribution in [0, 0.1) is 0 Å². The maximum absolute atomic E-state index is 13.2. The summed E-state index contributed by atoms with van der Waals surface area (Å²) < 4.78 is 8.51. The Morgan fingerprint density at radius 1 is 1.19 bits per heavy atom. The minimum absolute atomic E-state index is 0.133. The molecule has 2 heterocycles. The van der Waals surface area contributed by atoms with Crippen molar-refractivity contribution >= 4 is 34.4 Å². The molecule has 1 amide bonds. The van der Waals surface area contributed by atoms with Crippen molar-refractivity contribution in [1.29, 1.82) is 0 Å². The summed E-state index contributed by atoms with van der Waals surface area (Å²) in [5.41, 5.74) is 5.04. The predicted octanol–water partition coefficient (Wildman–Crippen LogP) is 3.14. The SMILES string of the molecule is CN(C)C1CCc2ccccc2N(C(=O)Cc2ccc3nsnc3c2)C1. The molecular weight excluding hydrogens is 344 g/mol. The number of benzene rings is 2. The molecule has 4 rings (SSSR count). The van der Waals surface area contributed by atoms with Gasteiger partial charge >= 0.3 is 0 Å². The molecule has 1 aromatic heterocycles. The number of fused-ring (bicyclic) bond motifs is 2. The van der Waals surface area contributed by atoms with Crippen LogP contribution in [-0.2, 0) is 17.6 Å². The van der Waals surface area contributed by atoms with Crippen molar-refractivity contribution in [3.8, 4) is 0 Å². The van der Waals surface area contributed by atoms with Gasteiger partial charge in [0.25, 0.3) is 0 Å². The fourth-order valence-electron chi connectivity index (χ4n) is 3.57. The highest BCUT2D eigenvalue weighted by molar-refractivity contribution is 7.00. The van der Waals surface area contributed by atoms with Crippen LogP contribution in [0.1, 0.15) is 17.5 Å². The molecule has 1 unspecified atom stereocenters. The molecule has 0 N–H and O–H groups in total. The first-order valence-electron chi connectivity index (χ1n) is 8.88. The summed E-state index contributed by atoms with van der Waals surface area (Å²) in [6.45, 7) is 0.726. The second-order valence-corrected chi connectivity index (χ2v) is 7.58. The van der Waals surface area contributed by atoms with Crippen LogP contribution >= 0.6 is 11.7 Å². The number of aromatic nitrogens is 2. The average Bonchev–Trinajstić information content (AvgIpc) is 3.00. The number of rotatable bonds is 3. The highest BCUT2D eigenvalue weighted by Crippen LogP contribution is 2.28. The number of aryl methyl sites for hydroxylation is 1. The van der Waals surface area contributed by atoms with Crippen molar-refractivity contribution in [2.24, 2.45) is 0 Å². The van der Waals surface area contributed by atoms with E-state index >= 15 is 0 Å². The smallest absolute Gasteiger partial charge is 0.231 e. The van der Waals surface area contributed by atoms with Gasteiger partial charge in [0.05, 0.1) is 18.1 Å². The van der Waals surface area contributed by atoms with Gasteiger partial charge in [0.2, 0.25) is 5.91 Å². The molecule has 134 valence electrons. The zero-order valence-corrected chi connectivity index (χ0v) is 15.9. The lowest BCUT2D eigenvalue weighted by atomic mass is 10.1. The molecule has 3 aromatic rings. The van der Waals surface area contributed by atoms with Crippen LogP contribution in [0.2, 0.25) is 0 Å². The first-order valence-corrected chi connectivity index (χ1v) is 9.61. The Balaban J connectivity index is 1.63. The van der Waals surface area contributed by atoms with E-state index in [0.29, 0.717) is 12.5 Å². The summed E-state index contributed by atoms with van der Waals surface area (Å²) in [5.74, 6) is 0.133. The topological polar surface area (TPSA) is 49.3 Å². The molecule has 1 aliphatic heterocycles. The Labute approximate surface area is 157 Å². The van der Waals surface area contributed by atoms with Crippen LogP contribution in [0.15, 0.2) is 42.5 Å². The van der Waals surface area contributed by atoms with Crippen molar-refractivity contribution < 1.29 is 4.79 Å². The van der Waals surface area contributed by atoms with Crippen LogP contribution in [-0.4, -0.2) is 46.2 Å². The molecule has 1 aliphatic rings. The van der Waals surface area contributed by atoms with Crippen LogP contribution in [0.4, 0.5) is 5.69 Å². The summed E-state index contributed by atoms with van der Waals surface area (Å²) in [4.78, 5) is 17.4. The highest BCUT2D eigenvalue weighted by atomic mass is 32.1. The van der Waals surface area contributed by atoms with Gasteiger partial charge in [0.15, 0.2) is 0 Å². The molecule has 26 heavy (non-hydrogen) atoms. The summed E-state index contributed by atoms with van der Waals surface area (Å²) in [7, 11) is 4.18. The number of para-hydroxylation sites is 1. The Morgan fingerprint density at radius 3 is 2.85 bits per heavy atom. The maximum Gasteiger partial charge on any atom is 0.231 e. The zero-order chi connectivity index (χ0) is 18.1. The number of hydrogen-bond acceptors (Lipinski definition) is 5. The van der Waals surface area contributed by atoms with Crippen LogP contribution in [0.5, 0.6) is 0 Å². The Hall–Kier alpha value is -2.31. The molecule has 0 saturated heterocycles. The number of carbonyl (C=O) groups is 1. The number of nitrogens with zero attached hydrogens (tertiary/aromatic N) is 4. The van der Waals surface area contributed by atoms with Gasteiger partial charge in [-0.2, -0.15) is 8.75 Å². The summed E-state index contributed by atoms with van der Waals surface area (Å²) in [6, 6.07) is 14.5. The molecule has 0 bridgehead atoms. The van der Waals surface area contributed by atoms with E-state index in [0.717, 1.165) is 41.7 Å². The van der Waals surface area contributed by atoms with E-state index in [2.05, 4.69) is 45.9 Å². The molecular formula is C20H22N4OS. The van der Waals surface area contributed by atoms with Crippen molar-refractivity contribution in [2.75, 3.05) is 25.5 Å². The van der Waals surface area contributed by atoms with Gasteiger partial charge in [-0.1, -0.05) is 24.3 Å². The highest BCUT2D eigenvalue weighted by Gasteiger charge is 2.27. The third-order valence-electron chi connectivity index (χ3n) is 5.13. The fourth-order valence-corrected chi connectivity index (χ4v) is 4.09. The van der Waals surface area contributed by atoms with Crippen molar-refractivity contribution in [3.63, 3.8) is 0 Å². The standard InChI is InChI=1S/C20H22N4OS/c1-23(2)16-9-8-15-5-3-4-6-19(15)24(13-16)20(25)12-14-7-10-17-18(11-14)22-26-21-17/h3-7,10-11,16H,8-9,12-13H2,1-2H3. The van der Waals surface area contributed by atoms with Gasteiger partial charge < -0.3 is 9.80 Å². The van der Waals surface area contributed by atoms with Gasteiger partial charge in [-0.3, -0.25) is 4.79 Å². The van der Waals surface area contributed by atoms with E-state index in [1.807, 2.05) is 29.2 Å². The van der Waals surface area contributed by atoms with Crippen molar-refractivity contribution in [2.45, 2.75) is 25.3 Å². The summed E-state index contributed by atoms with van der Waals surface area (Å²) in [6.07, 6.45) is 2.44. The van der Waals surface area contributed by atoms with Crippen LogP contribution < -0.4 is 4.90 Å². The van der Waals surface area contributed by atoms with Gasteiger partial charge in [-0.15, -0.1) is 0 Å². The first kappa shape index (κ1) is 17.1. The average molecular weight is 366 g/mol. The molecule has 5 nitrogen and oxygen atoms in total. The van der Waals surface area contributed by atoms with Gasteiger partial charge in [-0.05, 0) is 56.3 Å². The largest absolute Gasteiger partial charge is 0.310 e. The van der Waals surface area contributed by atoms with E-state index in [9.17, 15) is 4.79 Å². The van der Waals surface area contributed by atoms with Crippen LogP contribution in [0.25, 0.3) is 11.0 Å².